The van der Waals surface area contributed by atoms with Gasteiger partial charge in [0, 0.05) is 5.69 Å². The first-order valence-corrected chi connectivity index (χ1v) is 8.44. The Labute approximate surface area is 138 Å². The Balaban J connectivity index is 2.20. The van der Waals surface area contributed by atoms with Crippen molar-refractivity contribution >= 4 is 33.3 Å². The van der Waals surface area contributed by atoms with Gasteiger partial charge in [0.05, 0.1) is 22.1 Å². The number of carbonyl (C=O) groups excluding carboxylic acids is 1. The molecule has 0 unspecified atom stereocenters. The van der Waals surface area contributed by atoms with Crippen molar-refractivity contribution in [2.24, 2.45) is 0 Å². The number of carbonyl (C=O) groups is 1. The SMILES string of the molecule is CCOC(=O)c1ccc(NS(=O)(=O)c2ccc(F)c(Cl)c2)cc1. The molecule has 0 saturated carbocycles. The van der Waals surface area contributed by atoms with Crippen LogP contribution in [0.3, 0.4) is 0 Å². The van der Waals surface area contributed by atoms with Gasteiger partial charge in [0.2, 0.25) is 0 Å². The quantitative estimate of drug-likeness (QED) is 0.832. The molecule has 0 saturated heterocycles. The Bertz CT molecular complexity index is 822. The van der Waals surface area contributed by atoms with Crippen molar-refractivity contribution in [2.75, 3.05) is 11.3 Å². The van der Waals surface area contributed by atoms with Crippen LogP contribution < -0.4 is 4.72 Å². The van der Waals surface area contributed by atoms with Crippen molar-refractivity contribution < 1.29 is 22.3 Å². The molecule has 0 aliphatic carbocycles. The first-order chi connectivity index (χ1) is 10.8. The molecular weight excluding hydrogens is 345 g/mol. The molecule has 2 aromatic rings. The van der Waals surface area contributed by atoms with Crippen molar-refractivity contribution in [3.05, 3.63) is 58.9 Å². The van der Waals surface area contributed by atoms with Gasteiger partial charge < -0.3 is 4.74 Å². The summed E-state index contributed by atoms with van der Waals surface area (Å²) in [6.07, 6.45) is 0. The lowest BCUT2D eigenvalue weighted by molar-refractivity contribution is 0.0526. The normalized spacial score (nSPS) is 11.1. The number of hydrogen-bond acceptors (Lipinski definition) is 4. The van der Waals surface area contributed by atoms with Gasteiger partial charge in [-0.15, -0.1) is 0 Å². The van der Waals surface area contributed by atoms with Crippen LogP contribution >= 0.6 is 11.6 Å². The minimum Gasteiger partial charge on any atom is -0.462 e. The van der Waals surface area contributed by atoms with Gasteiger partial charge in [-0.1, -0.05) is 11.6 Å². The van der Waals surface area contributed by atoms with Crippen LogP contribution in [0.4, 0.5) is 10.1 Å². The van der Waals surface area contributed by atoms with Crippen molar-refractivity contribution in [3.8, 4) is 0 Å². The zero-order chi connectivity index (χ0) is 17.0. The van der Waals surface area contributed by atoms with E-state index >= 15 is 0 Å². The highest BCUT2D eigenvalue weighted by molar-refractivity contribution is 7.92. The lowest BCUT2D eigenvalue weighted by Gasteiger charge is -2.09. The van der Waals surface area contributed by atoms with Gasteiger partial charge in [0.25, 0.3) is 10.0 Å². The molecule has 23 heavy (non-hydrogen) atoms. The molecule has 0 atom stereocenters. The van der Waals surface area contributed by atoms with Gasteiger partial charge in [0.15, 0.2) is 0 Å². The van der Waals surface area contributed by atoms with Crippen molar-refractivity contribution in [2.45, 2.75) is 11.8 Å². The van der Waals surface area contributed by atoms with Gasteiger partial charge in [-0.3, -0.25) is 4.72 Å². The topological polar surface area (TPSA) is 72.5 Å². The standard InChI is InChI=1S/C15H13ClFNO4S/c1-2-22-15(19)10-3-5-11(6-4-10)18-23(20,21)12-7-8-14(17)13(16)9-12/h3-9,18H,2H2,1H3. The number of anilines is 1. The molecule has 1 N–H and O–H groups in total. The van der Waals surface area contributed by atoms with E-state index in [-0.39, 0.29) is 22.2 Å². The summed E-state index contributed by atoms with van der Waals surface area (Å²) >= 11 is 5.59. The number of ether oxygens (including phenoxy) is 1. The summed E-state index contributed by atoms with van der Waals surface area (Å²) in [5.74, 6) is -1.20. The van der Waals surface area contributed by atoms with Crippen LogP contribution in [0.25, 0.3) is 0 Å². The van der Waals surface area contributed by atoms with Crippen LogP contribution in [-0.4, -0.2) is 21.0 Å². The molecule has 122 valence electrons. The fourth-order valence-electron chi connectivity index (χ4n) is 1.75. The second-order valence-electron chi connectivity index (χ2n) is 4.48. The summed E-state index contributed by atoms with van der Waals surface area (Å²) in [6.45, 7) is 1.94. The first-order valence-electron chi connectivity index (χ1n) is 6.58. The molecular formula is C15H13ClFNO4S. The molecule has 2 aromatic carbocycles. The van der Waals surface area contributed by atoms with Gasteiger partial charge in [-0.25, -0.2) is 17.6 Å². The number of sulfonamides is 1. The van der Waals surface area contributed by atoms with E-state index in [0.29, 0.717) is 5.56 Å². The third kappa shape index (κ3) is 4.20. The fraction of sp³-hybridized carbons (Fsp3) is 0.133. The van der Waals surface area contributed by atoms with E-state index < -0.39 is 21.8 Å². The summed E-state index contributed by atoms with van der Waals surface area (Å²) in [7, 11) is -3.91. The predicted octanol–water partition coefficient (Wildman–Crippen LogP) is 3.46. The average Bonchev–Trinajstić information content (AvgIpc) is 2.50. The highest BCUT2D eigenvalue weighted by Gasteiger charge is 2.16. The second-order valence-corrected chi connectivity index (χ2v) is 6.57. The molecule has 0 fully saturated rings. The number of rotatable bonds is 5. The maximum atomic E-state index is 13.1. The molecule has 0 radical (unpaired) electrons. The third-order valence-electron chi connectivity index (χ3n) is 2.85. The Hall–Kier alpha value is -2.12. The number of halogens is 2. The fourth-order valence-corrected chi connectivity index (χ4v) is 3.08. The molecule has 0 heterocycles. The highest BCUT2D eigenvalue weighted by atomic mass is 35.5. The van der Waals surface area contributed by atoms with Crippen LogP contribution in [-0.2, 0) is 14.8 Å². The van der Waals surface area contributed by atoms with Crippen molar-refractivity contribution in [1.29, 1.82) is 0 Å². The highest BCUT2D eigenvalue weighted by Crippen LogP contribution is 2.22. The Morgan fingerprint density at radius 1 is 1.22 bits per heavy atom. The minimum atomic E-state index is -3.91. The van der Waals surface area contributed by atoms with E-state index in [0.717, 1.165) is 18.2 Å². The molecule has 0 spiro atoms. The zero-order valence-corrected chi connectivity index (χ0v) is 13.6. The van der Waals surface area contributed by atoms with Crippen LogP contribution in [0.15, 0.2) is 47.4 Å². The monoisotopic (exact) mass is 357 g/mol. The summed E-state index contributed by atoms with van der Waals surface area (Å²) < 4.78 is 44.7. The number of nitrogens with one attached hydrogen (secondary N) is 1. The smallest absolute Gasteiger partial charge is 0.338 e. The van der Waals surface area contributed by atoms with Crippen LogP contribution in [0.2, 0.25) is 5.02 Å². The molecule has 0 bridgehead atoms. The lowest BCUT2D eigenvalue weighted by Crippen LogP contribution is -2.13. The van der Waals surface area contributed by atoms with E-state index in [2.05, 4.69) is 4.72 Å². The van der Waals surface area contributed by atoms with Gasteiger partial charge in [-0.05, 0) is 49.4 Å². The molecule has 2 rings (SSSR count). The van der Waals surface area contributed by atoms with Gasteiger partial charge >= 0.3 is 5.97 Å². The molecule has 0 aromatic heterocycles. The second kappa shape index (κ2) is 6.97. The van der Waals surface area contributed by atoms with E-state index in [1.807, 2.05) is 0 Å². The molecule has 0 aliphatic rings. The summed E-state index contributed by atoms with van der Waals surface area (Å²) in [5, 5.41) is -0.287. The third-order valence-corrected chi connectivity index (χ3v) is 4.52. The van der Waals surface area contributed by atoms with E-state index in [1.165, 1.54) is 24.3 Å². The zero-order valence-electron chi connectivity index (χ0n) is 12.0. The van der Waals surface area contributed by atoms with Gasteiger partial charge in [0.1, 0.15) is 5.82 Å². The molecule has 0 aliphatic heterocycles. The summed E-state index contributed by atoms with van der Waals surface area (Å²) in [6, 6.07) is 8.83. The number of benzene rings is 2. The maximum absolute atomic E-state index is 13.1. The summed E-state index contributed by atoms with van der Waals surface area (Å²) in [5.41, 5.74) is 0.554. The van der Waals surface area contributed by atoms with Crippen LogP contribution in [0.1, 0.15) is 17.3 Å². The largest absolute Gasteiger partial charge is 0.462 e. The Morgan fingerprint density at radius 3 is 2.43 bits per heavy atom. The minimum absolute atomic E-state index is 0.168. The van der Waals surface area contributed by atoms with Crippen molar-refractivity contribution in [3.63, 3.8) is 0 Å². The average molecular weight is 358 g/mol. The van der Waals surface area contributed by atoms with Gasteiger partial charge in [-0.2, -0.15) is 0 Å². The Morgan fingerprint density at radius 2 is 1.87 bits per heavy atom. The Kier molecular flexibility index (Phi) is 5.23. The van der Waals surface area contributed by atoms with Crippen LogP contribution in [0.5, 0.6) is 0 Å². The molecule has 0 amide bonds. The summed E-state index contributed by atoms with van der Waals surface area (Å²) in [4.78, 5) is 11.4. The van der Waals surface area contributed by atoms with Crippen LogP contribution in [0, 0.1) is 5.82 Å². The van der Waals surface area contributed by atoms with Crippen molar-refractivity contribution in [1.82, 2.24) is 0 Å². The van der Waals surface area contributed by atoms with E-state index in [1.54, 1.807) is 6.92 Å². The molecule has 5 nitrogen and oxygen atoms in total. The van der Waals surface area contributed by atoms with E-state index in [9.17, 15) is 17.6 Å². The predicted molar refractivity (Wildman–Crippen MR) is 84.6 cm³/mol. The number of hydrogen-bond donors (Lipinski definition) is 1. The van der Waals surface area contributed by atoms with E-state index in [4.69, 9.17) is 16.3 Å². The first kappa shape index (κ1) is 17.2. The maximum Gasteiger partial charge on any atom is 0.338 e. The lowest BCUT2D eigenvalue weighted by atomic mass is 10.2. The molecule has 8 heteroatoms. The number of esters is 1.